The standard InChI is InChI=1S/C12H19NO.HI/c1-9(2)11-8-10(14)6-7-12(11)13(3,4)5;/h6-9H,1-5H3;1H/p+1. The summed E-state index contributed by atoms with van der Waals surface area (Å²) < 4.78 is 0.786. The summed E-state index contributed by atoms with van der Waals surface area (Å²) in [6, 6.07) is 5.62. The summed E-state index contributed by atoms with van der Waals surface area (Å²) in [6.07, 6.45) is 0. The summed E-state index contributed by atoms with van der Waals surface area (Å²) in [5.41, 5.74) is 2.48. The molecule has 0 heterocycles. The molecule has 3 heteroatoms. The van der Waals surface area contributed by atoms with Gasteiger partial charge in [0.15, 0.2) is 0 Å². The molecule has 0 bridgehead atoms. The highest BCUT2D eigenvalue weighted by Gasteiger charge is 2.19. The van der Waals surface area contributed by atoms with E-state index < -0.39 is 0 Å². The Morgan fingerprint density at radius 1 is 1.13 bits per heavy atom. The van der Waals surface area contributed by atoms with Crippen molar-refractivity contribution in [3.05, 3.63) is 23.8 Å². The molecule has 0 radical (unpaired) electrons. The van der Waals surface area contributed by atoms with E-state index in [0.717, 1.165) is 4.48 Å². The van der Waals surface area contributed by atoms with Gasteiger partial charge in [-0.1, -0.05) is 13.8 Å². The first-order chi connectivity index (χ1) is 6.32. The van der Waals surface area contributed by atoms with Gasteiger partial charge in [0.05, 0.1) is 21.1 Å². The summed E-state index contributed by atoms with van der Waals surface area (Å²) in [7, 11) is 6.41. The Bertz CT molecular complexity index is 329. The molecule has 0 aliphatic heterocycles. The molecule has 2 nitrogen and oxygen atoms in total. The number of phenols is 1. The molecule has 86 valence electrons. The van der Waals surface area contributed by atoms with E-state index in [1.807, 2.05) is 12.1 Å². The van der Waals surface area contributed by atoms with Gasteiger partial charge < -0.3 is 5.11 Å². The lowest BCUT2D eigenvalue weighted by Crippen LogP contribution is -2.35. The van der Waals surface area contributed by atoms with Gasteiger partial charge in [-0.25, -0.2) is 0 Å². The van der Waals surface area contributed by atoms with E-state index in [4.69, 9.17) is 0 Å². The Kier molecular flexibility index (Phi) is 5.06. The normalized spacial score (nSPS) is 11.3. The summed E-state index contributed by atoms with van der Waals surface area (Å²) >= 11 is 0. The monoisotopic (exact) mass is 322 g/mol. The molecule has 0 amide bonds. The van der Waals surface area contributed by atoms with Crippen molar-refractivity contribution in [2.75, 3.05) is 21.1 Å². The first-order valence-corrected chi connectivity index (χ1v) is 4.97. The molecular formula is C12H21INO+. The predicted molar refractivity (Wildman–Crippen MR) is 77.2 cm³/mol. The van der Waals surface area contributed by atoms with Crippen molar-refractivity contribution >= 4 is 29.7 Å². The number of halogens is 1. The molecule has 0 atom stereocenters. The van der Waals surface area contributed by atoms with Gasteiger partial charge in [0.25, 0.3) is 0 Å². The number of benzene rings is 1. The molecule has 0 aromatic heterocycles. The van der Waals surface area contributed by atoms with Crippen LogP contribution < -0.4 is 4.48 Å². The van der Waals surface area contributed by atoms with Crippen LogP contribution in [-0.4, -0.2) is 26.2 Å². The largest absolute Gasteiger partial charge is 0.508 e. The fraction of sp³-hybridized carbons (Fsp3) is 0.500. The molecule has 1 N–H and O–H groups in total. The van der Waals surface area contributed by atoms with E-state index in [1.165, 1.54) is 11.3 Å². The first kappa shape index (κ1) is 14.7. The lowest BCUT2D eigenvalue weighted by Gasteiger charge is -2.27. The molecule has 0 fully saturated rings. The van der Waals surface area contributed by atoms with Gasteiger partial charge in [-0.05, 0) is 18.1 Å². The Balaban J connectivity index is 0.00000196. The van der Waals surface area contributed by atoms with E-state index in [-0.39, 0.29) is 24.0 Å². The summed E-state index contributed by atoms with van der Waals surface area (Å²) in [5, 5.41) is 9.45. The third-order valence-corrected chi connectivity index (χ3v) is 2.36. The van der Waals surface area contributed by atoms with E-state index in [0.29, 0.717) is 11.7 Å². The minimum Gasteiger partial charge on any atom is -0.508 e. The van der Waals surface area contributed by atoms with Gasteiger partial charge in [0.2, 0.25) is 0 Å². The van der Waals surface area contributed by atoms with Crippen LogP contribution in [0.15, 0.2) is 18.2 Å². The average Bonchev–Trinajstić information content (AvgIpc) is 2.01. The molecule has 1 aromatic rings. The zero-order valence-corrected chi connectivity index (χ0v) is 12.4. The molecule has 0 saturated carbocycles. The number of hydrogen-bond acceptors (Lipinski definition) is 1. The van der Waals surface area contributed by atoms with Crippen LogP contribution in [0.2, 0.25) is 0 Å². The van der Waals surface area contributed by atoms with Crippen molar-refractivity contribution in [1.82, 2.24) is 4.48 Å². The van der Waals surface area contributed by atoms with Crippen molar-refractivity contribution in [3.63, 3.8) is 0 Å². The zero-order chi connectivity index (χ0) is 10.9. The Hall–Kier alpha value is -0.290. The maximum atomic E-state index is 9.45. The molecule has 0 aliphatic rings. The van der Waals surface area contributed by atoms with Crippen LogP contribution in [0.25, 0.3) is 0 Å². The lowest BCUT2D eigenvalue weighted by molar-refractivity contribution is 0.463. The molecule has 15 heavy (non-hydrogen) atoms. The van der Waals surface area contributed by atoms with E-state index in [1.54, 1.807) is 6.07 Å². The molecule has 1 aromatic carbocycles. The SMILES string of the molecule is CC(C)c1cc(O)ccc1[N+](C)(C)C.I. The number of hydrogen-bond donors (Lipinski definition) is 1. The van der Waals surface area contributed by atoms with Crippen LogP contribution in [0.4, 0.5) is 5.69 Å². The van der Waals surface area contributed by atoms with Crippen LogP contribution >= 0.6 is 24.0 Å². The molecule has 0 aliphatic carbocycles. The Labute approximate surface area is 110 Å². The number of nitrogens with zero attached hydrogens (tertiary/aromatic N) is 1. The van der Waals surface area contributed by atoms with E-state index in [9.17, 15) is 5.11 Å². The van der Waals surface area contributed by atoms with Crippen molar-refractivity contribution < 1.29 is 5.11 Å². The summed E-state index contributed by atoms with van der Waals surface area (Å²) in [6.45, 7) is 4.29. The third kappa shape index (κ3) is 3.65. The van der Waals surface area contributed by atoms with Crippen LogP contribution in [0.1, 0.15) is 25.3 Å². The smallest absolute Gasteiger partial charge is 0.135 e. The van der Waals surface area contributed by atoms with Gasteiger partial charge in [0.1, 0.15) is 11.4 Å². The Morgan fingerprint density at radius 2 is 1.67 bits per heavy atom. The highest BCUT2D eigenvalue weighted by molar-refractivity contribution is 14.0. The summed E-state index contributed by atoms with van der Waals surface area (Å²) in [5.74, 6) is 0.792. The van der Waals surface area contributed by atoms with Gasteiger partial charge in [-0.2, -0.15) is 0 Å². The fourth-order valence-corrected chi connectivity index (χ4v) is 1.62. The van der Waals surface area contributed by atoms with Crippen molar-refractivity contribution in [2.45, 2.75) is 19.8 Å². The second-order valence-corrected chi connectivity index (χ2v) is 4.91. The average molecular weight is 322 g/mol. The number of phenolic OH excluding ortho intramolecular Hbond substituents is 1. The quantitative estimate of drug-likeness (QED) is 0.654. The van der Waals surface area contributed by atoms with Crippen LogP contribution in [0.5, 0.6) is 5.75 Å². The number of aromatic hydroxyl groups is 1. The Morgan fingerprint density at radius 3 is 2.07 bits per heavy atom. The maximum absolute atomic E-state index is 9.45. The highest BCUT2D eigenvalue weighted by Crippen LogP contribution is 2.31. The van der Waals surface area contributed by atoms with Crippen molar-refractivity contribution in [1.29, 1.82) is 0 Å². The molecule has 1 rings (SSSR count). The van der Waals surface area contributed by atoms with Gasteiger partial charge in [-0.3, -0.25) is 4.48 Å². The molecule has 0 spiro atoms. The predicted octanol–water partition coefficient (Wildman–Crippen LogP) is 3.33. The highest BCUT2D eigenvalue weighted by atomic mass is 127. The summed E-state index contributed by atoms with van der Waals surface area (Å²) in [4.78, 5) is 0. The second kappa shape index (κ2) is 5.16. The van der Waals surface area contributed by atoms with Crippen LogP contribution in [0, 0.1) is 0 Å². The fourth-order valence-electron chi connectivity index (χ4n) is 1.62. The molecule has 0 saturated heterocycles. The van der Waals surface area contributed by atoms with Gasteiger partial charge >= 0.3 is 0 Å². The third-order valence-electron chi connectivity index (χ3n) is 2.36. The zero-order valence-electron chi connectivity index (χ0n) is 10.1. The molecular weight excluding hydrogens is 301 g/mol. The first-order valence-electron chi connectivity index (χ1n) is 4.97. The van der Waals surface area contributed by atoms with E-state index in [2.05, 4.69) is 35.0 Å². The maximum Gasteiger partial charge on any atom is 0.135 e. The topological polar surface area (TPSA) is 20.2 Å². The second-order valence-electron chi connectivity index (χ2n) is 4.91. The van der Waals surface area contributed by atoms with E-state index >= 15 is 0 Å². The van der Waals surface area contributed by atoms with Crippen molar-refractivity contribution in [3.8, 4) is 5.75 Å². The van der Waals surface area contributed by atoms with Crippen LogP contribution in [0.3, 0.4) is 0 Å². The van der Waals surface area contributed by atoms with Crippen molar-refractivity contribution in [2.24, 2.45) is 0 Å². The lowest BCUT2D eigenvalue weighted by atomic mass is 9.99. The number of rotatable bonds is 2. The van der Waals surface area contributed by atoms with Gasteiger partial charge in [-0.15, -0.1) is 24.0 Å². The molecule has 0 unspecified atom stereocenters. The van der Waals surface area contributed by atoms with Crippen LogP contribution in [-0.2, 0) is 0 Å². The minimum atomic E-state index is 0. The minimum absolute atomic E-state index is 0. The number of quaternary nitrogens is 1. The van der Waals surface area contributed by atoms with Gasteiger partial charge in [0, 0.05) is 11.6 Å².